The third-order valence-electron chi connectivity index (χ3n) is 4.36. The Morgan fingerprint density at radius 2 is 1.94 bits per heavy atom. The van der Waals surface area contributed by atoms with Crippen molar-refractivity contribution in [2.75, 3.05) is 6.54 Å². The molecule has 0 spiro atoms. The van der Waals surface area contributed by atoms with Crippen LogP contribution in [0.5, 0.6) is 0 Å². The molecule has 1 fully saturated rings. The maximum absolute atomic E-state index is 6.04. The summed E-state index contributed by atoms with van der Waals surface area (Å²) in [5.41, 5.74) is 6.22. The molecule has 3 nitrogen and oxygen atoms in total. The Labute approximate surface area is 99.1 Å². The van der Waals surface area contributed by atoms with Crippen LogP contribution in [-0.4, -0.2) is 29.0 Å². The van der Waals surface area contributed by atoms with Gasteiger partial charge in [-0.3, -0.25) is 4.99 Å². The highest BCUT2D eigenvalue weighted by Gasteiger charge is 2.45. The second-order valence-electron chi connectivity index (χ2n) is 5.83. The third-order valence-corrected chi connectivity index (χ3v) is 4.36. The smallest absolute Gasteiger partial charge is 0.192 e. The molecular formula is C13H25N3. The maximum Gasteiger partial charge on any atom is 0.192 e. The average Bonchev–Trinajstić information content (AvgIpc) is 2.57. The van der Waals surface area contributed by atoms with E-state index in [9.17, 15) is 0 Å². The van der Waals surface area contributed by atoms with Gasteiger partial charge in [-0.2, -0.15) is 0 Å². The summed E-state index contributed by atoms with van der Waals surface area (Å²) in [6.45, 7) is 7.68. The molecule has 1 aliphatic carbocycles. The molecular weight excluding hydrogens is 198 g/mol. The molecule has 92 valence electrons. The first kappa shape index (κ1) is 11.7. The van der Waals surface area contributed by atoms with Crippen LogP contribution in [0.1, 0.15) is 52.9 Å². The zero-order chi connectivity index (χ0) is 11.8. The molecule has 0 radical (unpaired) electrons. The van der Waals surface area contributed by atoms with Crippen molar-refractivity contribution in [3.63, 3.8) is 0 Å². The molecule has 0 aromatic rings. The minimum absolute atomic E-state index is 0.179. The predicted octanol–water partition coefficient (Wildman–Crippen LogP) is 2.36. The SMILES string of the molecule is CC(C)N1C(N)=NCC1(C)C1CCCCC1. The Balaban J connectivity index is 2.17. The molecule has 3 heteroatoms. The molecule has 1 saturated carbocycles. The molecule has 1 heterocycles. The second-order valence-corrected chi connectivity index (χ2v) is 5.83. The van der Waals surface area contributed by atoms with Crippen LogP contribution >= 0.6 is 0 Å². The van der Waals surface area contributed by atoms with E-state index in [1.54, 1.807) is 0 Å². The van der Waals surface area contributed by atoms with Gasteiger partial charge in [0, 0.05) is 6.04 Å². The van der Waals surface area contributed by atoms with E-state index in [1.807, 2.05) is 0 Å². The summed E-state index contributed by atoms with van der Waals surface area (Å²) < 4.78 is 0. The quantitative estimate of drug-likeness (QED) is 0.781. The van der Waals surface area contributed by atoms with Gasteiger partial charge < -0.3 is 10.6 Å². The van der Waals surface area contributed by atoms with E-state index in [1.165, 1.54) is 32.1 Å². The van der Waals surface area contributed by atoms with Gasteiger partial charge in [0.1, 0.15) is 0 Å². The van der Waals surface area contributed by atoms with E-state index in [4.69, 9.17) is 5.73 Å². The number of aliphatic imine (C=N–C) groups is 1. The molecule has 16 heavy (non-hydrogen) atoms. The van der Waals surface area contributed by atoms with Crippen molar-refractivity contribution in [1.82, 2.24) is 4.90 Å². The highest BCUT2D eigenvalue weighted by Crippen LogP contribution is 2.39. The lowest BCUT2D eigenvalue weighted by Gasteiger charge is -2.46. The molecule has 2 aliphatic rings. The van der Waals surface area contributed by atoms with Crippen molar-refractivity contribution in [1.29, 1.82) is 0 Å². The Morgan fingerprint density at radius 1 is 1.31 bits per heavy atom. The molecule has 2 N–H and O–H groups in total. The van der Waals surface area contributed by atoms with Gasteiger partial charge in [-0.15, -0.1) is 0 Å². The Morgan fingerprint density at radius 3 is 2.50 bits per heavy atom. The number of hydrogen-bond donors (Lipinski definition) is 1. The van der Waals surface area contributed by atoms with Gasteiger partial charge in [0.25, 0.3) is 0 Å². The van der Waals surface area contributed by atoms with Crippen molar-refractivity contribution in [3.8, 4) is 0 Å². The van der Waals surface area contributed by atoms with Gasteiger partial charge in [-0.1, -0.05) is 19.3 Å². The lowest BCUT2D eigenvalue weighted by molar-refractivity contribution is 0.0864. The highest BCUT2D eigenvalue weighted by molar-refractivity contribution is 5.81. The zero-order valence-corrected chi connectivity index (χ0v) is 10.9. The summed E-state index contributed by atoms with van der Waals surface area (Å²) in [5.74, 6) is 1.52. The molecule has 0 bridgehead atoms. The zero-order valence-electron chi connectivity index (χ0n) is 10.9. The van der Waals surface area contributed by atoms with Gasteiger partial charge in [-0.05, 0) is 39.5 Å². The van der Waals surface area contributed by atoms with E-state index in [0.717, 1.165) is 18.4 Å². The second kappa shape index (κ2) is 4.27. The average molecular weight is 223 g/mol. The van der Waals surface area contributed by atoms with Crippen LogP contribution in [0.3, 0.4) is 0 Å². The van der Waals surface area contributed by atoms with Crippen LogP contribution in [-0.2, 0) is 0 Å². The monoisotopic (exact) mass is 223 g/mol. The topological polar surface area (TPSA) is 41.6 Å². The first-order chi connectivity index (χ1) is 7.55. The van der Waals surface area contributed by atoms with Gasteiger partial charge in [-0.25, -0.2) is 0 Å². The molecule has 0 amide bonds. The van der Waals surface area contributed by atoms with E-state index in [2.05, 4.69) is 30.7 Å². The van der Waals surface area contributed by atoms with Crippen molar-refractivity contribution < 1.29 is 0 Å². The third kappa shape index (κ3) is 1.80. The van der Waals surface area contributed by atoms with Crippen molar-refractivity contribution >= 4 is 5.96 Å². The van der Waals surface area contributed by atoms with Crippen molar-refractivity contribution in [3.05, 3.63) is 0 Å². The fourth-order valence-electron chi connectivity index (χ4n) is 3.56. The first-order valence-electron chi connectivity index (χ1n) is 6.65. The highest BCUT2D eigenvalue weighted by atomic mass is 15.4. The molecule has 0 aromatic carbocycles. The fourth-order valence-corrected chi connectivity index (χ4v) is 3.56. The van der Waals surface area contributed by atoms with Gasteiger partial charge in [0.2, 0.25) is 0 Å². The summed E-state index contributed by atoms with van der Waals surface area (Å²) >= 11 is 0. The number of rotatable bonds is 2. The van der Waals surface area contributed by atoms with Crippen LogP contribution in [0, 0.1) is 5.92 Å². The Bertz CT molecular complexity index is 279. The Hall–Kier alpha value is -0.730. The maximum atomic E-state index is 6.04. The van der Waals surface area contributed by atoms with Crippen LogP contribution in [0.2, 0.25) is 0 Å². The molecule has 1 aliphatic heterocycles. The van der Waals surface area contributed by atoms with Crippen LogP contribution in [0.4, 0.5) is 0 Å². The van der Waals surface area contributed by atoms with E-state index in [-0.39, 0.29) is 5.54 Å². The van der Waals surface area contributed by atoms with Gasteiger partial charge in [0.05, 0.1) is 12.1 Å². The van der Waals surface area contributed by atoms with E-state index >= 15 is 0 Å². The largest absolute Gasteiger partial charge is 0.370 e. The fraction of sp³-hybridized carbons (Fsp3) is 0.923. The standard InChI is InChI=1S/C13H25N3/c1-10(2)16-12(14)15-9-13(16,3)11-7-5-4-6-8-11/h10-11H,4-9H2,1-3H3,(H2,14,15). The van der Waals surface area contributed by atoms with Crippen molar-refractivity contribution in [2.45, 2.75) is 64.5 Å². The molecule has 0 saturated heterocycles. The molecule has 2 rings (SSSR count). The van der Waals surface area contributed by atoms with Crippen LogP contribution < -0.4 is 5.73 Å². The predicted molar refractivity (Wildman–Crippen MR) is 68.4 cm³/mol. The summed E-state index contributed by atoms with van der Waals surface area (Å²) in [4.78, 5) is 6.84. The Kier molecular flexibility index (Phi) is 3.13. The first-order valence-corrected chi connectivity index (χ1v) is 6.65. The summed E-state index contributed by atoms with van der Waals surface area (Å²) in [5, 5.41) is 0. The summed E-state index contributed by atoms with van der Waals surface area (Å²) in [6, 6.07) is 0.457. The van der Waals surface area contributed by atoms with Gasteiger partial charge >= 0.3 is 0 Å². The molecule has 0 aromatic heterocycles. The van der Waals surface area contributed by atoms with E-state index < -0.39 is 0 Å². The molecule has 1 unspecified atom stereocenters. The minimum atomic E-state index is 0.179. The van der Waals surface area contributed by atoms with E-state index in [0.29, 0.717) is 6.04 Å². The lowest BCUT2D eigenvalue weighted by Crippen LogP contribution is -2.57. The number of guanidine groups is 1. The van der Waals surface area contributed by atoms with Crippen molar-refractivity contribution in [2.24, 2.45) is 16.6 Å². The summed E-state index contributed by atoms with van der Waals surface area (Å²) in [7, 11) is 0. The summed E-state index contributed by atoms with van der Waals surface area (Å²) in [6.07, 6.45) is 6.87. The number of nitrogens with zero attached hydrogens (tertiary/aromatic N) is 2. The normalized spacial score (nSPS) is 32.2. The van der Waals surface area contributed by atoms with Crippen LogP contribution in [0.15, 0.2) is 4.99 Å². The molecule has 1 atom stereocenters. The number of hydrogen-bond acceptors (Lipinski definition) is 3. The van der Waals surface area contributed by atoms with Crippen LogP contribution in [0.25, 0.3) is 0 Å². The minimum Gasteiger partial charge on any atom is -0.370 e. The number of nitrogens with two attached hydrogens (primary N) is 1. The van der Waals surface area contributed by atoms with Gasteiger partial charge in [0.15, 0.2) is 5.96 Å². The lowest BCUT2D eigenvalue weighted by atomic mass is 9.74.